The summed E-state index contributed by atoms with van der Waals surface area (Å²) in [5.74, 6) is 1.33. The Bertz CT molecular complexity index is 529. The minimum Gasteiger partial charge on any atom is -0.489 e. The highest BCUT2D eigenvalue weighted by Crippen LogP contribution is 2.23. The standard InChI is InChI=1S/C16H18BrNO/c1-11(2)13-5-3-12(4-6-13)10-19-16-8-14(17)7-15(18)9-16/h3-9,11H,10,18H2,1-2H3. The van der Waals surface area contributed by atoms with Crippen molar-refractivity contribution in [3.63, 3.8) is 0 Å². The van der Waals surface area contributed by atoms with Crippen LogP contribution in [0.15, 0.2) is 46.9 Å². The van der Waals surface area contributed by atoms with Crippen molar-refractivity contribution in [2.75, 3.05) is 5.73 Å². The molecule has 0 fully saturated rings. The van der Waals surface area contributed by atoms with Gasteiger partial charge in [-0.3, -0.25) is 0 Å². The summed E-state index contributed by atoms with van der Waals surface area (Å²) >= 11 is 3.40. The van der Waals surface area contributed by atoms with Crippen molar-refractivity contribution >= 4 is 21.6 Å². The maximum absolute atomic E-state index is 5.77. The molecule has 0 atom stereocenters. The average molecular weight is 320 g/mol. The van der Waals surface area contributed by atoms with Crippen molar-refractivity contribution in [3.8, 4) is 5.75 Å². The van der Waals surface area contributed by atoms with Gasteiger partial charge >= 0.3 is 0 Å². The highest BCUT2D eigenvalue weighted by Gasteiger charge is 2.01. The smallest absolute Gasteiger partial charge is 0.122 e. The largest absolute Gasteiger partial charge is 0.489 e. The van der Waals surface area contributed by atoms with E-state index < -0.39 is 0 Å². The van der Waals surface area contributed by atoms with Crippen LogP contribution in [0.3, 0.4) is 0 Å². The number of halogens is 1. The first kappa shape index (κ1) is 13.9. The molecule has 0 saturated carbocycles. The Kier molecular flexibility index (Phi) is 4.48. The van der Waals surface area contributed by atoms with Gasteiger partial charge in [0, 0.05) is 16.2 Å². The van der Waals surface area contributed by atoms with Gasteiger partial charge in [0.05, 0.1) is 0 Å². The molecule has 2 aromatic rings. The Balaban J connectivity index is 2.02. The fourth-order valence-corrected chi connectivity index (χ4v) is 2.32. The van der Waals surface area contributed by atoms with Crippen molar-refractivity contribution in [1.29, 1.82) is 0 Å². The number of hydrogen-bond donors (Lipinski definition) is 1. The van der Waals surface area contributed by atoms with E-state index in [-0.39, 0.29) is 0 Å². The summed E-state index contributed by atoms with van der Waals surface area (Å²) < 4.78 is 6.67. The molecule has 2 N–H and O–H groups in total. The van der Waals surface area contributed by atoms with Gasteiger partial charge in [0.1, 0.15) is 12.4 Å². The van der Waals surface area contributed by atoms with Gasteiger partial charge < -0.3 is 10.5 Å². The third kappa shape index (κ3) is 4.00. The predicted molar refractivity (Wildman–Crippen MR) is 83.4 cm³/mol. The molecule has 0 aromatic heterocycles. The van der Waals surface area contributed by atoms with Crippen LogP contribution in [-0.2, 0) is 6.61 Å². The molecule has 0 heterocycles. The summed E-state index contributed by atoms with van der Waals surface area (Å²) in [5, 5.41) is 0. The van der Waals surface area contributed by atoms with Crippen molar-refractivity contribution in [1.82, 2.24) is 0 Å². The van der Waals surface area contributed by atoms with Crippen LogP contribution >= 0.6 is 15.9 Å². The lowest BCUT2D eigenvalue weighted by Crippen LogP contribution is -1.97. The predicted octanol–water partition coefficient (Wildman–Crippen LogP) is 4.73. The monoisotopic (exact) mass is 319 g/mol. The Morgan fingerprint density at radius 1 is 1.11 bits per heavy atom. The molecule has 2 aromatic carbocycles. The SMILES string of the molecule is CC(C)c1ccc(COc2cc(N)cc(Br)c2)cc1. The molecule has 0 aliphatic rings. The second kappa shape index (κ2) is 6.11. The fourth-order valence-electron chi connectivity index (χ4n) is 1.83. The number of nitrogens with two attached hydrogens (primary N) is 1. The van der Waals surface area contributed by atoms with Crippen LogP contribution in [0.4, 0.5) is 5.69 Å². The van der Waals surface area contributed by atoms with E-state index in [9.17, 15) is 0 Å². The summed E-state index contributed by atoms with van der Waals surface area (Å²) in [6, 6.07) is 14.1. The molecule has 100 valence electrons. The second-order valence-electron chi connectivity index (χ2n) is 4.91. The molecule has 0 radical (unpaired) electrons. The third-order valence-electron chi connectivity index (χ3n) is 2.95. The van der Waals surface area contributed by atoms with E-state index >= 15 is 0 Å². The van der Waals surface area contributed by atoms with E-state index in [4.69, 9.17) is 10.5 Å². The summed E-state index contributed by atoms with van der Waals surface area (Å²) in [4.78, 5) is 0. The van der Waals surface area contributed by atoms with Crippen LogP contribution in [0, 0.1) is 0 Å². The summed E-state index contributed by atoms with van der Waals surface area (Å²) in [6.07, 6.45) is 0. The van der Waals surface area contributed by atoms with Crippen LogP contribution in [0.25, 0.3) is 0 Å². The summed E-state index contributed by atoms with van der Waals surface area (Å²) in [5.41, 5.74) is 8.96. The van der Waals surface area contributed by atoms with E-state index in [1.54, 1.807) is 0 Å². The Hall–Kier alpha value is -1.48. The topological polar surface area (TPSA) is 35.2 Å². The minimum absolute atomic E-state index is 0.550. The molecule has 0 aliphatic heterocycles. The fraction of sp³-hybridized carbons (Fsp3) is 0.250. The van der Waals surface area contributed by atoms with Crippen LogP contribution in [0.1, 0.15) is 30.9 Å². The van der Waals surface area contributed by atoms with Gasteiger partial charge in [-0.05, 0) is 29.2 Å². The van der Waals surface area contributed by atoms with Crippen molar-refractivity contribution < 1.29 is 4.74 Å². The third-order valence-corrected chi connectivity index (χ3v) is 3.40. The zero-order valence-corrected chi connectivity index (χ0v) is 12.8. The molecule has 0 amide bonds. The molecule has 3 heteroatoms. The second-order valence-corrected chi connectivity index (χ2v) is 5.82. The molecule has 0 aliphatic carbocycles. The van der Waals surface area contributed by atoms with E-state index in [0.717, 1.165) is 15.8 Å². The highest BCUT2D eigenvalue weighted by atomic mass is 79.9. The molecule has 2 rings (SSSR count). The Morgan fingerprint density at radius 2 is 1.79 bits per heavy atom. The first-order chi connectivity index (χ1) is 9.04. The molecule has 2 nitrogen and oxygen atoms in total. The number of ether oxygens (including phenoxy) is 1. The molecule has 0 saturated heterocycles. The molecule has 0 unspecified atom stereocenters. The van der Waals surface area contributed by atoms with Gasteiger partial charge in [-0.15, -0.1) is 0 Å². The van der Waals surface area contributed by atoms with Crippen LogP contribution in [-0.4, -0.2) is 0 Å². The number of hydrogen-bond acceptors (Lipinski definition) is 2. The lowest BCUT2D eigenvalue weighted by Gasteiger charge is -2.09. The van der Waals surface area contributed by atoms with E-state index in [2.05, 4.69) is 54.0 Å². The van der Waals surface area contributed by atoms with Crippen molar-refractivity contribution in [3.05, 3.63) is 58.1 Å². The van der Waals surface area contributed by atoms with Gasteiger partial charge in [0.15, 0.2) is 0 Å². The van der Waals surface area contributed by atoms with Gasteiger partial charge in [-0.2, -0.15) is 0 Å². The van der Waals surface area contributed by atoms with Crippen LogP contribution < -0.4 is 10.5 Å². The zero-order chi connectivity index (χ0) is 13.8. The summed E-state index contributed by atoms with van der Waals surface area (Å²) in [6.45, 7) is 4.93. The van der Waals surface area contributed by atoms with Gasteiger partial charge in [0.25, 0.3) is 0 Å². The van der Waals surface area contributed by atoms with Crippen LogP contribution in [0.2, 0.25) is 0 Å². The number of rotatable bonds is 4. The number of nitrogen functional groups attached to an aromatic ring is 1. The van der Waals surface area contributed by atoms with Crippen molar-refractivity contribution in [2.45, 2.75) is 26.4 Å². The van der Waals surface area contributed by atoms with E-state index in [1.807, 2.05) is 18.2 Å². The number of anilines is 1. The molecular weight excluding hydrogens is 302 g/mol. The normalized spacial score (nSPS) is 10.7. The highest BCUT2D eigenvalue weighted by molar-refractivity contribution is 9.10. The number of benzene rings is 2. The molecule has 0 spiro atoms. The lowest BCUT2D eigenvalue weighted by molar-refractivity contribution is 0.306. The lowest BCUT2D eigenvalue weighted by atomic mass is 10.0. The van der Waals surface area contributed by atoms with E-state index in [0.29, 0.717) is 18.2 Å². The maximum Gasteiger partial charge on any atom is 0.122 e. The molecule has 19 heavy (non-hydrogen) atoms. The first-order valence-corrected chi connectivity index (χ1v) is 7.11. The molecule has 0 bridgehead atoms. The van der Waals surface area contributed by atoms with Gasteiger partial charge in [-0.1, -0.05) is 54.0 Å². The van der Waals surface area contributed by atoms with Crippen LogP contribution in [0.5, 0.6) is 5.75 Å². The average Bonchev–Trinajstić information content (AvgIpc) is 2.36. The first-order valence-electron chi connectivity index (χ1n) is 6.32. The quantitative estimate of drug-likeness (QED) is 0.826. The maximum atomic E-state index is 5.77. The minimum atomic E-state index is 0.550. The van der Waals surface area contributed by atoms with Crippen molar-refractivity contribution in [2.24, 2.45) is 0 Å². The Morgan fingerprint density at radius 3 is 2.37 bits per heavy atom. The summed E-state index contributed by atoms with van der Waals surface area (Å²) in [7, 11) is 0. The Labute approximate surface area is 122 Å². The van der Waals surface area contributed by atoms with Gasteiger partial charge in [0.2, 0.25) is 0 Å². The van der Waals surface area contributed by atoms with Gasteiger partial charge in [-0.25, -0.2) is 0 Å². The molecular formula is C16H18BrNO. The van der Waals surface area contributed by atoms with E-state index in [1.165, 1.54) is 5.56 Å². The zero-order valence-electron chi connectivity index (χ0n) is 11.2.